The van der Waals surface area contributed by atoms with E-state index in [-0.39, 0.29) is 0 Å². The Labute approximate surface area is 87.1 Å². The van der Waals surface area contributed by atoms with Gasteiger partial charge in [0.25, 0.3) is 6.43 Å². The van der Waals surface area contributed by atoms with E-state index in [4.69, 9.17) is 0 Å². The molecule has 4 heteroatoms. The third-order valence-corrected chi connectivity index (χ3v) is 3.02. The molecule has 1 unspecified atom stereocenters. The van der Waals surface area contributed by atoms with E-state index in [9.17, 15) is 8.78 Å². The molecule has 0 aliphatic carbocycles. The van der Waals surface area contributed by atoms with E-state index in [1.54, 1.807) is 6.07 Å². The van der Waals surface area contributed by atoms with Gasteiger partial charge in [0.05, 0.1) is 0 Å². The lowest BCUT2D eigenvalue weighted by Gasteiger charge is -2.15. The first-order valence-corrected chi connectivity index (χ1v) is 5.54. The minimum absolute atomic E-state index is 0.631. The van der Waals surface area contributed by atoms with Gasteiger partial charge in [0.15, 0.2) is 0 Å². The van der Waals surface area contributed by atoms with Gasteiger partial charge >= 0.3 is 0 Å². The normalized spacial score (nSPS) is 13.5. The van der Waals surface area contributed by atoms with Crippen molar-refractivity contribution in [3.63, 3.8) is 0 Å². The van der Waals surface area contributed by atoms with Crippen molar-refractivity contribution < 1.29 is 8.78 Å². The van der Waals surface area contributed by atoms with Crippen molar-refractivity contribution in [2.24, 2.45) is 0 Å². The molecule has 0 radical (unpaired) electrons. The standard InChI is InChI=1S/C10H15F2NS/c1-3-6-13-9(10(11)12)8-5-4-7(2)14-8/h4-5,9-10,13H,3,6H2,1-2H3. The predicted octanol–water partition coefficient (Wildman–Crippen LogP) is 3.36. The number of aryl methyl sites for hydroxylation is 1. The Morgan fingerprint density at radius 1 is 1.43 bits per heavy atom. The highest BCUT2D eigenvalue weighted by atomic mass is 32.1. The van der Waals surface area contributed by atoms with Crippen molar-refractivity contribution in [3.05, 3.63) is 21.9 Å². The number of nitrogens with one attached hydrogen (secondary N) is 1. The molecule has 0 aliphatic heterocycles. The van der Waals surface area contributed by atoms with Gasteiger partial charge in [0, 0.05) is 9.75 Å². The summed E-state index contributed by atoms with van der Waals surface area (Å²) in [5.74, 6) is 0. The highest BCUT2D eigenvalue weighted by molar-refractivity contribution is 7.12. The lowest BCUT2D eigenvalue weighted by molar-refractivity contribution is 0.100. The number of rotatable bonds is 5. The third kappa shape index (κ3) is 3.03. The van der Waals surface area contributed by atoms with Crippen LogP contribution in [0.5, 0.6) is 0 Å². The molecule has 0 spiro atoms. The van der Waals surface area contributed by atoms with E-state index < -0.39 is 12.5 Å². The molecule has 0 saturated carbocycles. The number of alkyl halides is 2. The molecular formula is C10H15F2NS. The summed E-state index contributed by atoms with van der Waals surface area (Å²) < 4.78 is 25.3. The summed E-state index contributed by atoms with van der Waals surface area (Å²) >= 11 is 1.43. The summed E-state index contributed by atoms with van der Waals surface area (Å²) in [4.78, 5) is 1.80. The van der Waals surface area contributed by atoms with Crippen LogP contribution >= 0.6 is 11.3 Å². The van der Waals surface area contributed by atoms with Crippen LogP contribution in [-0.4, -0.2) is 13.0 Å². The molecule has 1 N–H and O–H groups in total. The van der Waals surface area contributed by atoms with Crippen molar-refractivity contribution in [1.29, 1.82) is 0 Å². The van der Waals surface area contributed by atoms with Crippen LogP contribution in [0, 0.1) is 6.92 Å². The predicted molar refractivity (Wildman–Crippen MR) is 56.1 cm³/mol. The fourth-order valence-electron chi connectivity index (χ4n) is 1.23. The van der Waals surface area contributed by atoms with Crippen LogP contribution in [0.15, 0.2) is 12.1 Å². The van der Waals surface area contributed by atoms with Gasteiger partial charge < -0.3 is 5.32 Å². The molecule has 80 valence electrons. The van der Waals surface area contributed by atoms with E-state index in [1.165, 1.54) is 11.3 Å². The Morgan fingerprint density at radius 2 is 2.14 bits per heavy atom. The van der Waals surface area contributed by atoms with Crippen molar-refractivity contribution in [2.75, 3.05) is 6.54 Å². The molecule has 1 rings (SSSR count). The first-order valence-electron chi connectivity index (χ1n) is 4.73. The molecule has 14 heavy (non-hydrogen) atoms. The Kier molecular flexibility index (Phi) is 4.48. The topological polar surface area (TPSA) is 12.0 Å². The Morgan fingerprint density at radius 3 is 2.57 bits per heavy atom. The van der Waals surface area contributed by atoms with Crippen LogP contribution in [0.2, 0.25) is 0 Å². The van der Waals surface area contributed by atoms with Gasteiger partial charge in [-0.2, -0.15) is 0 Å². The Hall–Kier alpha value is -0.480. The molecule has 0 aliphatic rings. The Balaban J connectivity index is 2.67. The van der Waals surface area contributed by atoms with Crippen LogP contribution in [0.3, 0.4) is 0 Å². The minimum atomic E-state index is -2.33. The molecular weight excluding hydrogens is 204 g/mol. The number of thiophene rings is 1. The molecule has 1 aromatic rings. The molecule has 0 bridgehead atoms. The Bertz CT molecular complexity index is 273. The van der Waals surface area contributed by atoms with Crippen molar-refractivity contribution in [3.8, 4) is 0 Å². The van der Waals surface area contributed by atoms with Crippen LogP contribution in [0.25, 0.3) is 0 Å². The van der Waals surface area contributed by atoms with Gasteiger partial charge in [-0.15, -0.1) is 11.3 Å². The van der Waals surface area contributed by atoms with Crippen LogP contribution in [0.1, 0.15) is 29.1 Å². The summed E-state index contributed by atoms with van der Waals surface area (Å²) in [6.45, 7) is 4.53. The lowest BCUT2D eigenvalue weighted by Crippen LogP contribution is -2.27. The first-order chi connectivity index (χ1) is 6.65. The van der Waals surface area contributed by atoms with Crippen molar-refractivity contribution in [2.45, 2.75) is 32.7 Å². The summed E-state index contributed by atoms with van der Waals surface area (Å²) in [6.07, 6.45) is -1.47. The summed E-state index contributed by atoms with van der Waals surface area (Å²) in [5.41, 5.74) is 0. The fourth-order valence-corrected chi connectivity index (χ4v) is 2.19. The van der Waals surface area contributed by atoms with E-state index >= 15 is 0 Å². The maximum Gasteiger partial charge on any atom is 0.258 e. The smallest absolute Gasteiger partial charge is 0.258 e. The van der Waals surface area contributed by atoms with E-state index in [0.717, 1.165) is 16.2 Å². The molecule has 0 saturated heterocycles. The third-order valence-electron chi connectivity index (χ3n) is 1.93. The highest BCUT2D eigenvalue weighted by Gasteiger charge is 2.22. The average Bonchev–Trinajstić information content (AvgIpc) is 2.52. The molecule has 0 amide bonds. The van der Waals surface area contributed by atoms with Crippen molar-refractivity contribution >= 4 is 11.3 Å². The summed E-state index contributed by atoms with van der Waals surface area (Å²) in [7, 11) is 0. The first kappa shape index (κ1) is 11.6. The van der Waals surface area contributed by atoms with E-state index in [1.807, 2.05) is 19.9 Å². The maximum atomic E-state index is 12.7. The number of hydrogen-bond donors (Lipinski definition) is 1. The van der Waals surface area contributed by atoms with Gasteiger partial charge in [-0.1, -0.05) is 6.92 Å². The lowest BCUT2D eigenvalue weighted by atomic mass is 10.2. The van der Waals surface area contributed by atoms with Gasteiger partial charge in [-0.3, -0.25) is 0 Å². The average molecular weight is 219 g/mol. The quantitative estimate of drug-likeness (QED) is 0.800. The zero-order valence-electron chi connectivity index (χ0n) is 8.39. The zero-order valence-corrected chi connectivity index (χ0v) is 9.20. The fraction of sp³-hybridized carbons (Fsp3) is 0.600. The van der Waals surface area contributed by atoms with Gasteiger partial charge in [-0.25, -0.2) is 8.78 Å². The molecule has 1 heterocycles. The second-order valence-electron chi connectivity index (χ2n) is 3.21. The summed E-state index contributed by atoms with van der Waals surface area (Å²) in [6, 6.07) is 2.86. The van der Waals surface area contributed by atoms with Crippen LogP contribution < -0.4 is 5.32 Å². The van der Waals surface area contributed by atoms with Crippen LogP contribution in [-0.2, 0) is 0 Å². The van der Waals surface area contributed by atoms with Crippen molar-refractivity contribution in [1.82, 2.24) is 5.32 Å². The van der Waals surface area contributed by atoms with Gasteiger partial charge in [0.1, 0.15) is 6.04 Å². The minimum Gasteiger partial charge on any atom is -0.305 e. The molecule has 1 aromatic heterocycles. The van der Waals surface area contributed by atoms with Gasteiger partial charge in [0.2, 0.25) is 0 Å². The molecule has 0 fully saturated rings. The second-order valence-corrected chi connectivity index (χ2v) is 4.53. The van der Waals surface area contributed by atoms with E-state index in [2.05, 4.69) is 5.32 Å². The number of hydrogen-bond acceptors (Lipinski definition) is 2. The van der Waals surface area contributed by atoms with Crippen LogP contribution in [0.4, 0.5) is 8.78 Å². The second kappa shape index (κ2) is 5.41. The zero-order chi connectivity index (χ0) is 10.6. The summed E-state index contributed by atoms with van der Waals surface area (Å²) in [5, 5.41) is 2.86. The maximum absolute atomic E-state index is 12.7. The molecule has 1 nitrogen and oxygen atoms in total. The van der Waals surface area contributed by atoms with Gasteiger partial charge in [-0.05, 0) is 32.0 Å². The number of halogens is 2. The SMILES string of the molecule is CCCNC(c1ccc(C)s1)C(F)F. The monoisotopic (exact) mass is 219 g/mol. The van der Waals surface area contributed by atoms with E-state index in [0.29, 0.717) is 6.54 Å². The molecule has 0 aromatic carbocycles. The molecule has 1 atom stereocenters. The largest absolute Gasteiger partial charge is 0.305 e. The highest BCUT2D eigenvalue weighted by Crippen LogP contribution is 2.27.